The van der Waals surface area contributed by atoms with Crippen LogP contribution in [0.25, 0.3) is 22.3 Å². The van der Waals surface area contributed by atoms with Crippen LogP contribution in [0.4, 0.5) is 0 Å². The van der Waals surface area contributed by atoms with Crippen molar-refractivity contribution in [3.8, 4) is 11.3 Å². The van der Waals surface area contributed by atoms with Gasteiger partial charge in [0.1, 0.15) is 19.3 Å². The highest BCUT2D eigenvalue weighted by molar-refractivity contribution is 6.76. The topological polar surface area (TPSA) is 79.9 Å². The lowest BCUT2D eigenvalue weighted by molar-refractivity contribution is 0.0160. The minimum atomic E-state index is -1.10. The molecule has 0 radical (unpaired) electrons. The molecule has 0 saturated heterocycles. The lowest BCUT2D eigenvalue weighted by Gasteiger charge is -2.15. The van der Waals surface area contributed by atoms with E-state index in [1.807, 2.05) is 20.0 Å². The molecule has 1 unspecified atom stereocenters. The summed E-state index contributed by atoms with van der Waals surface area (Å²) in [6.45, 7) is 12.7. The molecular weight excluding hydrogens is 360 g/mol. The number of ether oxygens (including phenoxy) is 2. The molecule has 0 fully saturated rings. The fourth-order valence-corrected chi connectivity index (χ4v) is 3.48. The highest BCUT2D eigenvalue weighted by atomic mass is 28.3. The van der Waals surface area contributed by atoms with Crippen LogP contribution in [0.1, 0.15) is 20.1 Å². The molecule has 9 heteroatoms. The molecule has 0 N–H and O–H groups in total. The standard InChI is InChI=1S/C18H28N6O2Si/c1-6-26-14(2)23-11-15(9-21-23)17-16-10-22-24(18(16)20-12-19-17)13-25-7-8-27(3,4)5/h9-12,14H,6-8,13H2,1-5H3. The van der Waals surface area contributed by atoms with Gasteiger partial charge >= 0.3 is 0 Å². The average molecular weight is 389 g/mol. The summed E-state index contributed by atoms with van der Waals surface area (Å²) in [6.07, 6.45) is 6.95. The zero-order valence-electron chi connectivity index (χ0n) is 16.7. The fraction of sp³-hybridized carbons (Fsp3) is 0.556. The lowest BCUT2D eigenvalue weighted by atomic mass is 10.2. The van der Waals surface area contributed by atoms with E-state index in [1.165, 1.54) is 0 Å². The van der Waals surface area contributed by atoms with E-state index >= 15 is 0 Å². The van der Waals surface area contributed by atoms with E-state index in [2.05, 4.69) is 39.8 Å². The Hall–Kier alpha value is -2.10. The molecule has 146 valence electrons. The number of rotatable bonds is 9. The SMILES string of the molecule is CCOC(C)n1cc(-c2ncnc3c2cnn3COCC[Si](C)(C)C)cn1. The Bertz CT molecular complexity index is 885. The van der Waals surface area contributed by atoms with E-state index in [0.29, 0.717) is 13.3 Å². The molecule has 3 heterocycles. The number of hydrogen-bond acceptors (Lipinski definition) is 6. The summed E-state index contributed by atoms with van der Waals surface area (Å²) in [4.78, 5) is 8.84. The van der Waals surface area contributed by atoms with Crippen molar-refractivity contribution < 1.29 is 9.47 Å². The highest BCUT2D eigenvalue weighted by Crippen LogP contribution is 2.25. The zero-order valence-corrected chi connectivity index (χ0v) is 17.7. The predicted octanol–water partition coefficient (Wildman–Crippen LogP) is 3.56. The van der Waals surface area contributed by atoms with E-state index in [1.54, 1.807) is 28.1 Å². The van der Waals surface area contributed by atoms with Gasteiger partial charge in [0.25, 0.3) is 0 Å². The second kappa shape index (κ2) is 8.28. The molecule has 27 heavy (non-hydrogen) atoms. The number of nitrogens with zero attached hydrogens (tertiary/aromatic N) is 6. The Morgan fingerprint density at radius 3 is 2.70 bits per heavy atom. The Morgan fingerprint density at radius 2 is 1.96 bits per heavy atom. The summed E-state index contributed by atoms with van der Waals surface area (Å²) >= 11 is 0. The summed E-state index contributed by atoms with van der Waals surface area (Å²) in [5, 5.41) is 9.71. The first-order valence-electron chi connectivity index (χ1n) is 9.29. The van der Waals surface area contributed by atoms with Gasteiger partial charge in [-0.05, 0) is 19.9 Å². The van der Waals surface area contributed by atoms with E-state index in [-0.39, 0.29) is 6.23 Å². The molecular formula is C18H28N6O2Si. The molecule has 0 aromatic carbocycles. The molecule has 3 rings (SSSR count). The number of fused-ring (bicyclic) bond motifs is 1. The van der Waals surface area contributed by atoms with Gasteiger partial charge in [0.15, 0.2) is 5.65 Å². The first-order chi connectivity index (χ1) is 12.9. The third-order valence-corrected chi connectivity index (χ3v) is 6.00. The Labute approximate surface area is 160 Å². The van der Waals surface area contributed by atoms with Gasteiger partial charge < -0.3 is 9.47 Å². The molecule has 1 atom stereocenters. The van der Waals surface area contributed by atoms with Gasteiger partial charge in [-0.1, -0.05) is 19.6 Å². The van der Waals surface area contributed by atoms with Crippen molar-refractivity contribution in [3.63, 3.8) is 0 Å². The van der Waals surface area contributed by atoms with E-state index in [9.17, 15) is 0 Å². The summed E-state index contributed by atoms with van der Waals surface area (Å²) in [5.41, 5.74) is 2.48. The maximum Gasteiger partial charge on any atom is 0.164 e. The van der Waals surface area contributed by atoms with E-state index in [4.69, 9.17) is 9.47 Å². The van der Waals surface area contributed by atoms with Crippen LogP contribution in [0, 0.1) is 0 Å². The monoisotopic (exact) mass is 388 g/mol. The van der Waals surface area contributed by atoms with Gasteiger partial charge in [-0.15, -0.1) is 0 Å². The van der Waals surface area contributed by atoms with Gasteiger partial charge in [0, 0.05) is 33.0 Å². The molecule has 0 aliphatic rings. The average Bonchev–Trinajstić information content (AvgIpc) is 3.25. The molecule has 3 aromatic heterocycles. The maximum atomic E-state index is 5.81. The number of aromatic nitrogens is 6. The van der Waals surface area contributed by atoms with Gasteiger partial charge in [0.05, 0.1) is 23.5 Å². The number of hydrogen-bond donors (Lipinski definition) is 0. The van der Waals surface area contributed by atoms with Crippen LogP contribution < -0.4 is 0 Å². The van der Waals surface area contributed by atoms with Crippen molar-refractivity contribution in [3.05, 3.63) is 24.9 Å². The first-order valence-corrected chi connectivity index (χ1v) is 13.0. The predicted molar refractivity (Wildman–Crippen MR) is 107 cm³/mol. The third kappa shape index (κ3) is 4.79. The second-order valence-electron chi connectivity index (χ2n) is 7.72. The normalized spacial score (nSPS) is 13.4. The van der Waals surface area contributed by atoms with Crippen LogP contribution in [0.5, 0.6) is 0 Å². The molecule has 3 aromatic rings. The summed E-state index contributed by atoms with van der Waals surface area (Å²) < 4.78 is 15.0. The molecule has 0 saturated carbocycles. The molecule has 0 bridgehead atoms. The minimum Gasteiger partial charge on any atom is -0.359 e. The smallest absolute Gasteiger partial charge is 0.164 e. The van der Waals surface area contributed by atoms with Gasteiger partial charge in [-0.2, -0.15) is 10.2 Å². The van der Waals surface area contributed by atoms with Crippen molar-refractivity contribution >= 4 is 19.1 Å². The van der Waals surface area contributed by atoms with Crippen molar-refractivity contribution in [1.82, 2.24) is 29.5 Å². The van der Waals surface area contributed by atoms with Crippen molar-refractivity contribution in [1.29, 1.82) is 0 Å². The van der Waals surface area contributed by atoms with Crippen LogP contribution >= 0.6 is 0 Å². The van der Waals surface area contributed by atoms with Crippen molar-refractivity contribution in [2.45, 2.75) is 52.5 Å². The Morgan fingerprint density at radius 1 is 1.15 bits per heavy atom. The van der Waals surface area contributed by atoms with Gasteiger partial charge in [0.2, 0.25) is 0 Å². The Balaban J connectivity index is 1.77. The van der Waals surface area contributed by atoms with Crippen LogP contribution in [-0.2, 0) is 16.2 Å². The quantitative estimate of drug-likeness (QED) is 0.412. The van der Waals surface area contributed by atoms with Crippen LogP contribution in [0.2, 0.25) is 25.7 Å². The van der Waals surface area contributed by atoms with E-state index in [0.717, 1.165) is 34.9 Å². The highest BCUT2D eigenvalue weighted by Gasteiger charge is 2.15. The molecule has 0 aliphatic carbocycles. The Kier molecular flexibility index (Phi) is 6.03. The summed E-state index contributed by atoms with van der Waals surface area (Å²) in [5.74, 6) is 0. The first kappa shape index (κ1) is 19.7. The van der Waals surface area contributed by atoms with Gasteiger partial charge in [-0.3, -0.25) is 0 Å². The largest absolute Gasteiger partial charge is 0.359 e. The second-order valence-corrected chi connectivity index (χ2v) is 13.3. The molecule has 8 nitrogen and oxygen atoms in total. The summed E-state index contributed by atoms with van der Waals surface area (Å²) in [7, 11) is -1.10. The van der Waals surface area contributed by atoms with Gasteiger partial charge in [-0.25, -0.2) is 19.3 Å². The third-order valence-electron chi connectivity index (χ3n) is 4.30. The van der Waals surface area contributed by atoms with Crippen LogP contribution in [0.15, 0.2) is 24.9 Å². The van der Waals surface area contributed by atoms with Crippen molar-refractivity contribution in [2.75, 3.05) is 13.2 Å². The van der Waals surface area contributed by atoms with Crippen LogP contribution in [0.3, 0.4) is 0 Å². The zero-order chi connectivity index (χ0) is 19.4. The fourth-order valence-electron chi connectivity index (χ4n) is 2.72. The lowest BCUT2D eigenvalue weighted by Crippen LogP contribution is -2.22. The minimum absolute atomic E-state index is 0.122. The molecule has 0 amide bonds. The maximum absolute atomic E-state index is 5.81. The molecule has 0 aliphatic heterocycles. The van der Waals surface area contributed by atoms with Crippen molar-refractivity contribution in [2.24, 2.45) is 0 Å². The summed E-state index contributed by atoms with van der Waals surface area (Å²) in [6, 6.07) is 1.13. The van der Waals surface area contributed by atoms with E-state index < -0.39 is 8.07 Å². The van der Waals surface area contributed by atoms with Crippen LogP contribution in [-0.4, -0.2) is 50.8 Å². The molecule has 0 spiro atoms.